The van der Waals surface area contributed by atoms with Crippen LogP contribution in [0.3, 0.4) is 0 Å². The van der Waals surface area contributed by atoms with Crippen molar-refractivity contribution in [2.24, 2.45) is 0 Å². The molecule has 0 saturated carbocycles. The van der Waals surface area contributed by atoms with Crippen molar-refractivity contribution in [1.29, 1.82) is 26.3 Å². The fourth-order valence-electron chi connectivity index (χ4n) is 0. The quantitative estimate of drug-likeness (QED) is 0.453. The molecule has 7 nitrogen and oxygen atoms in total. The number of rotatable bonds is 0. The van der Waals surface area contributed by atoms with Gasteiger partial charge in [-0.1, -0.05) is 0 Å². The molecule has 0 aromatic heterocycles. The molecule has 0 amide bonds. The van der Waals surface area contributed by atoms with Crippen LogP contribution in [0.1, 0.15) is 0 Å². The smallest absolute Gasteiger partial charge is 0.577 e. The van der Waals surface area contributed by atoms with Crippen molar-refractivity contribution < 1.29 is 17.1 Å². The van der Waals surface area contributed by atoms with Crippen LogP contribution >= 0.6 is 0 Å². The molecule has 0 rings (SSSR count). The predicted octanol–water partition coefficient (Wildman–Crippen LogP) is 0.421. The standard InChI is InChI=1S/5CN.Ba.Fe.NO/c5*1-2;;;1-2/q5*-1;+2;+4;-1. The summed E-state index contributed by atoms with van der Waals surface area (Å²) in [6.45, 7) is 23.8. The van der Waals surface area contributed by atoms with Gasteiger partial charge in [-0.05, 0) is 0 Å². The normalized spacial score (nSPS) is 1.00. The Labute approximate surface area is 134 Å². The van der Waals surface area contributed by atoms with Crippen LogP contribution in [0.25, 0.3) is 5.59 Å². The molecule has 0 radical (unpaired) electrons. The molecule has 0 saturated heterocycles. The van der Waals surface area contributed by atoms with Gasteiger partial charge in [0, 0.05) is 0 Å². The Hall–Kier alpha value is -0.859. The molecule has 0 aliphatic carbocycles. The van der Waals surface area contributed by atoms with E-state index in [0.29, 0.717) is 0 Å². The van der Waals surface area contributed by atoms with Crippen molar-refractivity contribution >= 4 is 48.9 Å². The van der Waals surface area contributed by atoms with Gasteiger partial charge in [-0.2, -0.15) is 0 Å². The van der Waals surface area contributed by atoms with Crippen LogP contribution in [-0.2, 0) is 17.1 Å². The van der Waals surface area contributed by atoms with E-state index in [2.05, 4.69) is 0 Å². The molecule has 0 aromatic carbocycles. The van der Waals surface area contributed by atoms with Crippen molar-refractivity contribution in [2.75, 3.05) is 0 Å². The van der Waals surface area contributed by atoms with Crippen molar-refractivity contribution in [1.82, 2.24) is 0 Å². The van der Waals surface area contributed by atoms with E-state index in [1.54, 1.807) is 0 Å². The molecule has 0 heterocycles. The monoisotopic (exact) mass is 354 g/mol. The van der Waals surface area contributed by atoms with Gasteiger partial charge in [0.05, 0.1) is 0 Å². The Morgan fingerprint density at radius 1 is 0.571 bits per heavy atom. The molecule has 0 aliphatic rings. The fraction of sp³-hybridized carbons (Fsp3) is 0. The van der Waals surface area contributed by atoms with Crippen molar-refractivity contribution in [3.8, 4) is 0 Å². The third kappa shape index (κ3) is 1550. The van der Waals surface area contributed by atoms with Crippen LogP contribution in [0.4, 0.5) is 0 Å². The van der Waals surface area contributed by atoms with Gasteiger partial charge in [-0.3, -0.25) is 0 Å². The van der Waals surface area contributed by atoms with Gasteiger partial charge < -0.3 is 69.7 Å². The first kappa shape index (κ1) is 73.3. The van der Waals surface area contributed by atoms with E-state index in [0.717, 1.165) is 0 Å². The molecule has 0 N–H and O–H groups in total. The van der Waals surface area contributed by atoms with E-state index >= 15 is 0 Å². The zero-order valence-electron chi connectivity index (χ0n) is 6.65. The van der Waals surface area contributed by atoms with Crippen LogP contribution in [0, 0.1) is 64.1 Å². The zero-order chi connectivity index (χ0) is 12.0. The maximum absolute atomic E-state index is 7.25. The van der Waals surface area contributed by atoms with E-state index in [1.807, 2.05) is 0 Å². The van der Waals surface area contributed by atoms with Gasteiger partial charge in [0.2, 0.25) is 0 Å². The molecular weight excluding hydrogens is 353 g/mol. The SMILES string of the molecule is [Ba+2].[C-]#N.[C-]#N.[C-]#N.[C-]#N.[C-]#N.[Fe+4].[N-]=O. The summed E-state index contributed by atoms with van der Waals surface area (Å²) < 4.78 is 0. The largest absolute Gasteiger partial charge is 4.00 e. The average molecular weight is 353 g/mol. The summed E-state index contributed by atoms with van der Waals surface area (Å²) >= 11 is 0. The number of hydrogen-bond acceptors (Lipinski definition) is 6. The Morgan fingerprint density at radius 2 is 0.571 bits per heavy atom. The summed E-state index contributed by atoms with van der Waals surface area (Å²) in [7, 11) is 0. The maximum atomic E-state index is 7.25. The molecule has 0 spiro atoms. The Bertz CT molecular complexity index is 95.6. The minimum atomic E-state index is 0. The number of nitrogens with zero attached hydrogens (tertiary/aromatic N) is 6. The second-order valence-corrected chi connectivity index (χ2v) is 0. The van der Waals surface area contributed by atoms with Crippen LogP contribution in [0.5, 0.6) is 0 Å². The summed E-state index contributed by atoms with van der Waals surface area (Å²) in [5.74, 6) is 0. The molecule has 0 atom stereocenters. The third-order valence-corrected chi connectivity index (χ3v) is 0. The van der Waals surface area contributed by atoms with E-state index in [-0.39, 0.29) is 65.9 Å². The predicted molar refractivity (Wildman–Crippen MR) is 37.3 cm³/mol. The van der Waals surface area contributed by atoms with E-state index in [9.17, 15) is 0 Å². The van der Waals surface area contributed by atoms with Crippen molar-refractivity contribution in [3.63, 3.8) is 0 Å². The second-order valence-electron chi connectivity index (χ2n) is 0. The number of hydrogen-bond donors (Lipinski definition) is 0. The topological polar surface area (TPSA) is 158 Å². The van der Waals surface area contributed by atoms with Crippen LogP contribution in [-0.4, -0.2) is 48.9 Å². The van der Waals surface area contributed by atoms with Crippen molar-refractivity contribution in [2.45, 2.75) is 0 Å². The first-order chi connectivity index (χ1) is 6.00. The molecule has 0 bridgehead atoms. The molecule has 9 heteroatoms. The van der Waals surface area contributed by atoms with E-state index in [4.69, 9.17) is 69.7 Å². The summed E-state index contributed by atoms with van der Waals surface area (Å²) in [6, 6.07) is 0. The van der Waals surface area contributed by atoms with Gasteiger partial charge in [0.25, 0.3) is 0 Å². The Kier molecular flexibility index (Phi) is 10700. The van der Waals surface area contributed by atoms with Crippen LogP contribution in [0.2, 0.25) is 0 Å². The average Bonchev–Trinajstić information content (AvgIpc) is 2.33. The Balaban J connectivity index is -0.00000000500. The minimum Gasteiger partial charge on any atom is -0.577 e. The first-order valence-corrected chi connectivity index (χ1v) is 1.30. The number of nitroso groups, excluding NO2 is 1. The first-order valence-electron chi connectivity index (χ1n) is 1.30. The fourth-order valence-corrected chi connectivity index (χ4v) is 0. The summed E-state index contributed by atoms with van der Waals surface area (Å²) in [5.41, 5.74) is 5.75. The maximum Gasteiger partial charge on any atom is 4.00 e. The van der Waals surface area contributed by atoms with Crippen molar-refractivity contribution in [3.05, 3.63) is 43.4 Å². The van der Waals surface area contributed by atoms with Gasteiger partial charge in [0.1, 0.15) is 0 Å². The van der Waals surface area contributed by atoms with Crippen LogP contribution in [0.15, 0.2) is 0 Å². The minimum absolute atomic E-state index is 0. The molecule has 0 fully saturated rings. The Morgan fingerprint density at radius 3 is 0.571 bits per heavy atom. The summed E-state index contributed by atoms with van der Waals surface area (Å²) in [5, 5.41) is 31.2. The second kappa shape index (κ2) is 2040. The van der Waals surface area contributed by atoms with Gasteiger partial charge in [0.15, 0.2) is 0 Å². The third-order valence-electron chi connectivity index (χ3n) is 0. The van der Waals surface area contributed by atoms with E-state index < -0.39 is 0 Å². The zero-order valence-corrected chi connectivity index (χ0v) is 12.2. The molecule has 66 valence electrons. The van der Waals surface area contributed by atoms with Gasteiger partial charge >= 0.3 is 65.9 Å². The molecule has 14 heavy (non-hydrogen) atoms. The van der Waals surface area contributed by atoms with Gasteiger partial charge in [-0.25, -0.2) is 0 Å². The summed E-state index contributed by atoms with van der Waals surface area (Å²) in [4.78, 5) is 7.25. The van der Waals surface area contributed by atoms with E-state index in [1.165, 1.54) is 0 Å². The summed E-state index contributed by atoms with van der Waals surface area (Å²) in [6.07, 6.45) is 0. The van der Waals surface area contributed by atoms with Crippen LogP contribution < -0.4 is 0 Å². The molecular formula is C5BaFeN6O. The molecule has 0 unspecified atom stereocenters. The molecule has 0 aliphatic heterocycles. The van der Waals surface area contributed by atoms with Gasteiger partial charge in [-0.15, -0.1) is 0 Å². The molecule has 0 aromatic rings.